The van der Waals surface area contributed by atoms with Crippen molar-refractivity contribution in [2.75, 3.05) is 52.6 Å². The molecule has 2 heterocycles. The third kappa shape index (κ3) is 16.8. The number of nitrogens with two attached hydrogens (primary N) is 2. The molecule has 0 aliphatic carbocycles. The number of carbonyl (C=O) groups excluding carboxylic acids is 2. The minimum absolute atomic E-state index is 0.470. The van der Waals surface area contributed by atoms with E-state index < -0.39 is 24.8 Å². The van der Waals surface area contributed by atoms with Crippen molar-refractivity contribution >= 4 is 11.9 Å². The first-order chi connectivity index (χ1) is 9.63. The molecule has 0 bridgehead atoms. The molecule has 2 aliphatic rings. The molecule has 0 aromatic rings. The number of rotatable bonds is 3. The van der Waals surface area contributed by atoms with Crippen molar-refractivity contribution in [1.82, 2.24) is 0 Å². The van der Waals surface area contributed by atoms with Gasteiger partial charge in [-0.3, -0.25) is 0 Å². The lowest BCUT2D eigenvalue weighted by Gasteiger charge is -2.07. The molecule has 0 unspecified atom stereocenters. The van der Waals surface area contributed by atoms with E-state index in [1.165, 1.54) is 0 Å². The van der Waals surface area contributed by atoms with Crippen molar-refractivity contribution in [1.29, 1.82) is 0 Å². The van der Waals surface area contributed by atoms with E-state index in [0.717, 1.165) is 52.6 Å². The van der Waals surface area contributed by atoms with Gasteiger partial charge in [0.05, 0.1) is 52.6 Å². The zero-order chi connectivity index (χ0) is 15.1. The Morgan fingerprint density at radius 1 is 0.750 bits per heavy atom. The number of ether oxygens (including phenoxy) is 2. The Kier molecular flexibility index (Phi) is 13.3. The number of carboxylic acids is 2. The molecule has 0 aromatic carbocycles. The summed E-state index contributed by atoms with van der Waals surface area (Å²) in [4.78, 5) is 19.0. The van der Waals surface area contributed by atoms with Gasteiger partial charge in [-0.05, 0) is 12.8 Å². The van der Waals surface area contributed by atoms with Crippen LogP contribution < -0.4 is 20.8 Å². The van der Waals surface area contributed by atoms with Crippen LogP contribution in [-0.4, -0.2) is 64.5 Å². The minimum atomic E-state index is -1.37. The number of morpholine rings is 2. The van der Waals surface area contributed by atoms with Crippen LogP contribution in [0, 0.1) is 0 Å². The quantitative estimate of drug-likeness (QED) is 0.533. The van der Waals surface area contributed by atoms with E-state index in [2.05, 4.69) is 10.6 Å². The Labute approximate surface area is 118 Å². The van der Waals surface area contributed by atoms with Crippen LogP contribution in [0.25, 0.3) is 0 Å². The molecule has 2 aliphatic heterocycles. The zero-order valence-corrected chi connectivity index (χ0v) is 11.7. The van der Waals surface area contributed by atoms with Gasteiger partial charge in [0.25, 0.3) is 0 Å². The van der Waals surface area contributed by atoms with Gasteiger partial charge in [-0.1, -0.05) is 0 Å². The van der Waals surface area contributed by atoms with Gasteiger partial charge in [-0.15, -0.1) is 0 Å². The molecule has 0 saturated carbocycles. The molecular weight excluding hydrogens is 268 g/mol. The normalized spacial score (nSPS) is 17.8. The molecule has 2 rings (SSSR count). The van der Waals surface area contributed by atoms with Crippen molar-refractivity contribution in [2.24, 2.45) is 0 Å². The van der Waals surface area contributed by atoms with E-state index in [9.17, 15) is 19.8 Å². The van der Waals surface area contributed by atoms with Gasteiger partial charge in [0.2, 0.25) is 0 Å². The molecule has 118 valence electrons. The maximum absolute atomic E-state index is 9.50. The number of carboxylic acid groups (broad SMARTS) is 2. The highest BCUT2D eigenvalue weighted by Crippen LogP contribution is 1.81. The SMILES string of the molecule is C1COCC[NH2+]1.C1COCC[NH2+]1.O=C([O-])CCC(=O)[O-]. The minimum Gasteiger partial charge on any atom is -0.550 e. The first-order valence-electron chi connectivity index (χ1n) is 6.81. The number of hydrogen-bond donors (Lipinski definition) is 2. The second-order valence-electron chi connectivity index (χ2n) is 4.20. The summed E-state index contributed by atoms with van der Waals surface area (Å²) in [5.74, 6) is -2.73. The fraction of sp³-hybridized carbons (Fsp3) is 0.833. The molecule has 2 fully saturated rings. The van der Waals surface area contributed by atoms with Gasteiger partial charge < -0.3 is 39.9 Å². The topological polar surface area (TPSA) is 132 Å². The van der Waals surface area contributed by atoms with Crippen molar-refractivity contribution in [2.45, 2.75) is 12.8 Å². The van der Waals surface area contributed by atoms with Crippen molar-refractivity contribution in [3.05, 3.63) is 0 Å². The number of aliphatic carboxylic acids is 2. The predicted molar refractivity (Wildman–Crippen MR) is 64.2 cm³/mol. The van der Waals surface area contributed by atoms with E-state index >= 15 is 0 Å². The molecular formula is C12H24N2O6. The highest BCUT2D eigenvalue weighted by atomic mass is 16.5. The summed E-state index contributed by atoms with van der Waals surface area (Å²) in [6, 6.07) is 0. The van der Waals surface area contributed by atoms with Crippen molar-refractivity contribution in [3.8, 4) is 0 Å². The van der Waals surface area contributed by atoms with E-state index in [4.69, 9.17) is 9.47 Å². The standard InChI is InChI=1S/2C4H9NO.C4H6O4/c2*1-3-6-4-2-5-1;5-3(6)1-2-4(7)8/h2*5H,1-4H2;1-2H2,(H,5,6)(H,7,8). The fourth-order valence-electron chi connectivity index (χ4n) is 1.36. The molecule has 0 amide bonds. The smallest absolute Gasteiger partial charge is 0.0993 e. The van der Waals surface area contributed by atoms with Crippen LogP contribution in [0.5, 0.6) is 0 Å². The summed E-state index contributed by atoms with van der Waals surface area (Å²) in [5.41, 5.74) is 0. The van der Waals surface area contributed by atoms with E-state index in [-0.39, 0.29) is 0 Å². The monoisotopic (exact) mass is 292 g/mol. The molecule has 2 saturated heterocycles. The van der Waals surface area contributed by atoms with Gasteiger partial charge >= 0.3 is 0 Å². The maximum atomic E-state index is 9.50. The number of quaternary nitrogens is 2. The largest absolute Gasteiger partial charge is 0.550 e. The Morgan fingerprint density at radius 2 is 1.05 bits per heavy atom. The predicted octanol–water partition coefficient (Wildman–Crippen LogP) is -5.57. The van der Waals surface area contributed by atoms with Gasteiger partial charge in [-0.2, -0.15) is 0 Å². The van der Waals surface area contributed by atoms with Crippen LogP contribution in [0.1, 0.15) is 12.8 Å². The average molecular weight is 292 g/mol. The summed E-state index contributed by atoms with van der Waals surface area (Å²) in [6.45, 7) is 8.39. The zero-order valence-electron chi connectivity index (χ0n) is 11.7. The summed E-state index contributed by atoms with van der Waals surface area (Å²) < 4.78 is 10.1. The lowest BCUT2D eigenvalue weighted by atomic mass is 10.3. The molecule has 0 radical (unpaired) electrons. The maximum Gasteiger partial charge on any atom is 0.0993 e. The van der Waals surface area contributed by atoms with Crippen LogP contribution in [0.2, 0.25) is 0 Å². The Balaban J connectivity index is 0.000000274. The van der Waals surface area contributed by atoms with E-state index in [1.807, 2.05) is 0 Å². The van der Waals surface area contributed by atoms with Crippen LogP contribution >= 0.6 is 0 Å². The van der Waals surface area contributed by atoms with Crippen molar-refractivity contribution in [3.63, 3.8) is 0 Å². The lowest BCUT2D eigenvalue weighted by Crippen LogP contribution is -2.87. The first-order valence-corrected chi connectivity index (χ1v) is 6.81. The van der Waals surface area contributed by atoms with Crippen molar-refractivity contribution < 1.29 is 39.9 Å². The molecule has 0 spiro atoms. The van der Waals surface area contributed by atoms with Gasteiger partial charge in [0, 0.05) is 11.9 Å². The third-order valence-corrected chi connectivity index (χ3v) is 2.40. The van der Waals surface area contributed by atoms with Gasteiger partial charge in [0.1, 0.15) is 0 Å². The highest BCUT2D eigenvalue weighted by molar-refractivity contribution is 5.72. The van der Waals surface area contributed by atoms with E-state index in [0.29, 0.717) is 0 Å². The molecule has 0 aromatic heterocycles. The second kappa shape index (κ2) is 14.2. The highest BCUT2D eigenvalue weighted by Gasteiger charge is 1.97. The fourth-order valence-corrected chi connectivity index (χ4v) is 1.36. The summed E-state index contributed by atoms with van der Waals surface area (Å²) in [5, 5.41) is 23.5. The third-order valence-electron chi connectivity index (χ3n) is 2.40. The number of carbonyl (C=O) groups is 2. The second-order valence-corrected chi connectivity index (χ2v) is 4.20. The average Bonchev–Trinajstić information content (AvgIpc) is 2.50. The number of hydrogen-bond acceptors (Lipinski definition) is 6. The lowest BCUT2D eigenvalue weighted by molar-refractivity contribution is -0.670. The van der Waals surface area contributed by atoms with Crippen LogP contribution in [0.3, 0.4) is 0 Å². The van der Waals surface area contributed by atoms with Crippen LogP contribution in [0.15, 0.2) is 0 Å². The molecule has 0 atom stereocenters. The van der Waals surface area contributed by atoms with Gasteiger partial charge in [-0.25, -0.2) is 0 Å². The molecule has 8 heteroatoms. The van der Waals surface area contributed by atoms with Gasteiger partial charge in [0.15, 0.2) is 0 Å². The van der Waals surface area contributed by atoms with E-state index in [1.54, 1.807) is 0 Å². The Bertz CT molecular complexity index is 205. The summed E-state index contributed by atoms with van der Waals surface area (Å²) in [6.07, 6.45) is -0.940. The van der Waals surface area contributed by atoms with Crippen LogP contribution in [-0.2, 0) is 19.1 Å². The Morgan fingerprint density at radius 3 is 1.15 bits per heavy atom. The summed E-state index contributed by atoms with van der Waals surface area (Å²) >= 11 is 0. The molecule has 20 heavy (non-hydrogen) atoms. The first kappa shape index (κ1) is 18.8. The molecule has 8 nitrogen and oxygen atoms in total. The molecule has 4 N–H and O–H groups in total. The van der Waals surface area contributed by atoms with Crippen LogP contribution in [0.4, 0.5) is 0 Å². The Hall–Kier alpha value is -1.22. The summed E-state index contributed by atoms with van der Waals surface area (Å²) in [7, 11) is 0.